The van der Waals surface area contributed by atoms with Crippen LogP contribution in [0.25, 0.3) is 0 Å². The first-order valence-electron chi connectivity index (χ1n) is 8.63. The van der Waals surface area contributed by atoms with Crippen LogP contribution in [0, 0.1) is 0 Å². The number of H-pyrrole nitrogens is 1. The number of carbonyl (C=O) groups is 1. The molecule has 0 aliphatic carbocycles. The van der Waals surface area contributed by atoms with Crippen LogP contribution in [0.15, 0.2) is 45.5 Å². The van der Waals surface area contributed by atoms with E-state index in [1.54, 1.807) is 26.0 Å². The molecule has 2 aromatic rings. The number of esters is 1. The van der Waals surface area contributed by atoms with E-state index >= 15 is 0 Å². The van der Waals surface area contributed by atoms with Gasteiger partial charge in [0.25, 0.3) is 5.56 Å². The molecule has 0 amide bonds. The van der Waals surface area contributed by atoms with Gasteiger partial charge < -0.3 is 15.0 Å². The topological polar surface area (TPSA) is 84.1 Å². The van der Waals surface area contributed by atoms with Gasteiger partial charge in [0.15, 0.2) is 5.16 Å². The molecule has 1 aliphatic heterocycles. The van der Waals surface area contributed by atoms with Crippen LogP contribution in [0.4, 0.5) is 5.82 Å². The van der Waals surface area contributed by atoms with Crippen molar-refractivity contribution in [2.75, 3.05) is 17.7 Å². The Hall–Kier alpha value is -2.25. The Labute approximate surface area is 166 Å². The lowest BCUT2D eigenvalue weighted by atomic mass is 9.82. The summed E-state index contributed by atoms with van der Waals surface area (Å²) in [4.78, 5) is 32.9. The summed E-state index contributed by atoms with van der Waals surface area (Å²) in [7, 11) is 0. The van der Waals surface area contributed by atoms with Crippen LogP contribution in [0.5, 0.6) is 0 Å². The van der Waals surface area contributed by atoms with Crippen molar-refractivity contribution in [3.05, 3.63) is 62.0 Å². The third-order valence-corrected chi connectivity index (χ3v) is 5.21. The van der Waals surface area contributed by atoms with Gasteiger partial charge in [-0.1, -0.05) is 42.4 Å². The smallest absolute Gasteiger partial charge is 0.336 e. The number of ether oxygens (including phenoxy) is 1. The van der Waals surface area contributed by atoms with Crippen LogP contribution in [0.3, 0.4) is 0 Å². The van der Waals surface area contributed by atoms with Gasteiger partial charge in [0.2, 0.25) is 0 Å². The van der Waals surface area contributed by atoms with Crippen molar-refractivity contribution in [2.24, 2.45) is 0 Å². The number of allylic oxidation sites excluding steroid dienone is 1. The number of anilines is 1. The van der Waals surface area contributed by atoms with Crippen molar-refractivity contribution in [1.82, 2.24) is 9.97 Å². The fourth-order valence-corrected chi connectivity index (χ4v) is 3.82. The molecule has 0 radical (unpaired) electrons. The number of benzene rings is 1. The zero-order chi connectivity index (χ0) is 19.6. The van der Waals surface area contributed by atoms with E-state index in [1.807, 2.05) is 19.1 Å². The van der Waals surface area contributed by atoms with Gasteiger partial charge >= 0.3 is 5.97 Å². The standard InChI is InChI=1S/C19H20ClN3O3S/c1-4-26-18(25)13-10(3)21-16-15(17(24)23-19(22-16)27-5-2)14(13)11-6-8-12(20)9-7-11/h6-9,14H,4-5H2,1-3H3,(H2,21,22,23,24)/t14-/m1/s1. The van der Waals surface area contributed by atoms with Gasteiger partial charge in [0.1, 0.15) is 5.82 Å². The Morgan fingerprint density at radius 3 is 2.63 bits per heavy atom. The quantitative estimate of drug-likeness (QED) is 0.445. The minimum atomic E-state index is -0.588. The fourth-order valence-electron chi connectivity index (χ4n) is 3.10. The number of aromatic nitrogens is 2. The summed E-state index contributed by atoms with van der Waals surface area (Å²) in [5.74, 6) is 0.194. The fraction of sp³-hybridized carbons (Fsp3) is 0.316. The van der Waals surface area contributed by atoms with Crippen LogP contribution >= 0.6 is 23.4 Å². The van der Waals surface area contributed by atoms with E-state index in [4.69, 9.17) is 16.3 Å². The molecule has 1 aromatic heterocycles. The summed E-state index contributed by atoms with van der Waals surface area (Å²) in [6.45, 7) is 5.76. The van der Waals surface area contributed by atoms with E-state index in [9.17, 15) is 9.59 Å². The summed E-state index contributed by atoms with van der Waals surface area (Å²) in [5, 5.41) is 4.22. The van der Waals surface area contributed by atoms with E-state index in [0.717, 1.165) is 11.3 Å². The number of fused-ring (bicyclic) bond motifs is 1. The lowest BCUT2D eigenvalue weighted by Crippen LogP contribution is -2.31. The Kier molecular flexibility index (Phi) is 5.92. The van der Waals surface area contributed by atoms with Crippen molar-refractivity contribution < 1.29 is 9.53 Å². The Balaban J connectivity index is 2.22. The second-order valence-corrected chi connectivity index (χ2v) is 7.62. The number of nitrogens with zero attached hydrogens (tertiary/aromatic N) is 1. The SMILES string of the molecule is CCOC(=O)C1=C(C)Nc2nc(SCC)[nH]c(=O)c2[C@@H]1c1ccc(Cl)cc1. The number of nitrogens with one attached hydrogen (secondary N) is 2. The second kappa shape index (κ2) is 8.19. The second-order valence-electron chi connectivity index (χ2n) is 5.94. The molecule has 3 rings (SSSR count). The molecule has 2 heterocycles. The lowest BCUT2D eigenvalue weighted by Gasteiger charge is -2.28. The lowest BCUT2D eigenvalue weighted by molar-refractivity contribution is -0.138. The van der Waals surface area contributed by atoms with E-state index in [2.05, 4.69) is 15.3 Å². The van der Waals surface area contributed by atoms with E-state index in [1.165, 1.54) is 11.8 Å². The summed E-state index contributed by atoms with van der Waals surface area (Å²) in [5.41, 5.74) is 1.90. The van der Waals surface area contributed by atoms with Gasteiger partial charge in [-0.15, -0.1) is 0 Å². The maximum Gasteiger partial charge on any atom is 0.336 e. The normalized spacial score (nSPS) is 15.9. The molecule has 27 heavy (non-hydrogen) atoms. The third kappa shape index (κ3) is 3.89. The first-order valence-corrected chi connectivity index (χ1v) is 10.00. The van der Waals surface area contributed by atoms with Gasteiger partial charge in [0.05, 0.1) is 23.7 Å². The molecule has 0 fully saturated rings. The number of thioether (sulfide) groups is 1. The van der Waals surface area contributed by atoms with Crippen LogP contribution in [-0.4, -0.2) is 28.3 Å². The summed E-state index contributed by atoms with van der Waals surface area (Å²) >= 11 is 7.46. The predicted molar refractivity (Wildman–Crippen MR) is 108 cm³/mol. The molecule has 0 saturated carbocycles. The maximum absolute atomic E-state index is 12.9. The summed E-state index contributed by atoms with van der Waals surface area (Å²) < 4.78 is 5.24. The molecule has 1 aromatic carbocycles. The number of hydrogen-bond donors (Lipinski definition) is 2. The molecule has 1 aliphatic rings. The van der Waals surface area contributed by atoms with Crippen molar-refractivity contribution in [3.63, 3.8) is 0 Å². The molecular formula is C19H20ClN3O3S. The molecule has 0 spiro atoms. The summed E-state index contributed by atoms with van der Waals surface area (Å²) in [6.07, 6.45) is 0. The van der Waals surface area contributed by atoms with Crippen LogP contribution in [-0.2, 0) is 9.53 Å². The highest BCUT2D eigenvalue weighted by atomic mass is 35.5. The van der Waals surface area contributed by atoms with Gasteiger partial charge in [-0.2, -0.15) is 0 Å². The van der Waals surface area contributed by atoms with Crippen molar-refractivity contribution >= 4 is 35.1 Å². The zero-order valence-corrected chi connectivity index (χ0v) is 16.8. The minimum absolute atomic E-state index is 0.247. The van der Waals surface area contributed by atoms with Crippen LogP contribution < -0.4 is 10.9 Å². The first-order chi connectivity index (χ1) is 13.0. The van der Waals surface area contributed by atoms with E-state index in [-0.39, 0.29) is 12.2 Å². The number of rotatable bonds is 5. The van der Waals surface area contributed by atoms with Crippen LogP contribution in [0.2, 0.25) is 5.02 Å². The molecule has 142 valence electrons. The Morgan fingerprint density at radius 1 is 1.30 bits per heavy atom. The van der Waals surface area contributed by atoms with Gasteiger partial charge in [0, 0.05) is 10.7 Å². The number of halogens is 1. The molecular weight excluding hydrogens is 386 g/mol. The average Bonchev–Trinajstić information content (AvgIpc) is 2.61. The largest absolute Gasteiger partial charge is 0.463 e. The molecule has 2 N–H and O–H groups in total. The van der Waals surface area contributed by atoms with Gasteiger partial charge in [-0.25, -0.2) is 9.78 Å². The number of aromatic amines is 1. The highest BCUT2D eigenvalue weighted by Crippen LogP contribution is 2.40. The predicted octanol–water partition coefficient (Wildman–Crippen LogP) is 3.93. The van der Waals surface area contributed by atoms with Gasteiger partial charge in [-0.3, -0.25) is 4.79 Å². The van der Waals surface area contributed by atoms with Crippen LogP contribution in [0.1, 0.15) is 37.8 Å². The molecule has 6 nitrogen and oxygen atoms in total. The minimum Gasteiger partial charge on any atom is -0.463 e. The van der Waals surface area contributed by atoms with Gasteiger partial charge in [-0.05, 0) is 37.3 Å². The Bertz CT molecular complexity index is 954. The zero-order valence-electron chi connectivity index (χ0n) is 15.3. The molecule has 1 atom stereocenters. The van der Waals surface area contributed by atoms with E-state index < -0.39 is 11.9 Å². The number of carbonyl (C=O) groups excluding carboxylic acids is 1. The molecule has 0 saturated heterocycles. The monoisotopic (exact) mass is 405 g/mol. The Morgan fingerprint density at radius 2 is 2.00 bits per heavy atom. The molecule has 0 unspecified atom stereocenters. The highest BCUT2D eigenvalue weighted by Gasteiger charge is 2.36. The average molecular weight is 406 g/mol. The van der Waals surface area contributed by atoms with Crippen molar-refractivity contribution in [3.8, 4) is 0 Å². The summed E-state index contributed by atoms with van der Waals surface area (Å²) in [6, 6.07) is 7.09. The number of hydrogen-bond acceptors (Lipinski definition) is 6. The molecule has 8 heteroatoms. The third-order valence-electron chi connectivity index (χ3n) is 4.20. The van der Waals surface area contributed by atoms with Crippen molar-refractivity contribution in [1.29, 1.82) is 0 Å². The first kappa shape index (κ1) is 19.5. The van der Waals surface area contributed by atoms with E-state index in [0.29, 0.717) is 32.8 Å². The van der Waals surface area contributed by atoms with Crippen molar-refractivity contribution in [2.45, 2.75) is 31.8 Å². The molecule has 0 bridgehead atoms. The maximum atomic E-state index is 12.9. The highest BCUT2D eigenvalue weighted by molar-refractivity contribution is 7.99.